The third-order valence-electron chi connectivity index (χ3n) is 2.75. The van der Waals surface area contributed by atoms with Crippen LogP contribution >= 0.6 is 0 Å². The molecular weight excluding hydrogens is 170 g/mol. The van der Waals surface area contributed by atoms with Gasteiger partial charge >= 0.3 is 0 Å². The van der Waals surface area contributed by atoms with Crippen LogP contribution in [-0.4, -0.2) is 12.1 Å². The van der Waals surface area contributed by atoms with Gasteiger partial charge in [0.15, 0.2) is 0 Å². The van der Waals surface area contributed by atoms with Crippen LogP contribution in [0.25, 0.3) is 0 Å². The van der Waals surface area contributed by atoms with Crippen LogP contribution in [0, 0.1) is 23.2 Å². The summed E-state index contributed by atoms with van der Waals surface area (Å²) in [6.07, 6.45) is 5.54. The van der Waals surface area contributed by atoms with Gasteiger partial charge in [-0.05, 0) is 17.8 Å². The van der Waals surface area contributed by atoms with Gasteiger partial charge in [-0.1, -0.05) is 47.5 Å². The Morgan fingerprint density at radius 3 is 1.64 bits per heavy atom. The minimum absolute atomic E-state index is 0.119. The molecule has 0 saturated carbocycles. The number of nitrogens with one attached hydrogen (secondary N) is 1. The maximum absolute atomic E-state index is 5.54. The number of rotatable bonds is 2. The first-order valence-corrected chi connectivity index (χ1v) is 5.31. The molecule has 2 unspecified atom stereocenters. The highest BCUT2D eigenvalue weighted by atomic mass is 15.0. The van der Waals surface area contributed by atoms with E-state index in [1.54, 1.807) is 0 Å². The van der Waals surface area contributed by atoms with Crippen molar-refractivity contribution in [3.8, 4) is 12.3 Å². The lowest BCUT2D eigenvalue weighted by Crippen LogP contribution is -2.48. The molecule has 14 heavy (non-hydrogen) atoms. The van der Waals surface area contributed by atoms with Crippen LogP contribution in [-0.2, 0) is 0 Å². The van der Waals surface area contributed by atoms with Crippen molar-refractivity contribution < 1.29 is 0 Å². The molecule has 1 nitrogen and oxygen atoms in total. The summed E-state index contributed by atoms with van der Waals surface area (Å²) < 4.78 is 0. The lowest BCUT2D eigenvalue weighted by atomic mass is 9.83. The van der Waals surface area contributed by atoms with Gasteiger partial charge in [0.25, 0.3) is 0 Å². The van der Waals surface area contributed by atoms with E-state index in [4.69, 9.17) is 6.42 Å². The van der Waals surface area contributed by atoms with E-state index in [0.717, 1.165) is 0 Å². The predicted molar refractivity (Wildman–Crippen MR) is 64.1 cm³/mol. The van der Waals surface area contributed by atoms with E-state index >= 15 is 0 Å². The van der Waals surface area contributed by atoms with E-state index in [2.05, 4.69) is 59.7 Å². The largest absolute Gasteiger partial charge is 0.300 e. The third kappa shape index (κ3) is 4.15. The molecule has 0 fully saturated rings. The minimum Gasteiger partial charge on any atom is -0.300 e. The summed E-state index contributed by atoms with van der Waals surface area (Å²) in [6.45, 7) is 15.4. The van der Waals surface area contributed by atoms with Crippen LogP contribution in [0.5, 0.6) is 0 Å². The summed E-state index contributed by atoms with van der Waals surface area (Å²) in [7, 11) is 0. The second-order valence-electron chi connectivity index (χ2n) is 6.22. The molecule has 0 aromatic carbocycles. The second kappa shape index (κ2) is 4.36. The van der Waals surface area contributed by atoms with Crippen LogP contribution in [0.15, 0.2) is 0 Å². The molecule has 2 atom stereocenters. The number of terminal acetylenes is 1. The summed E-state index contributed by atoms with van der Waals surface area (Å²) >= 11 is 0. The van der Waals surface area contributed by atoms with E-state index in [1.165, 1.54) is 0 Å². The van der Waals surface area contributed by atoms with Crippen molar-refractivity contribution in [3.63, 3.8) is 0 Å². The maximum Gasteiger partial charge on any atom is 0.0738 e. The van der Waals surface area contributed by atoms with Crippen molar-refractivity contribution in [2.75, 3.05) is 0 Å². The zero-order valence-corrected chi connectivity index (χ0v) is 10.7. The lowest BCUT2D eigenvalue weighted by Gasteiger charge is -2.35. The molecule has 1 heteroatoms. The number of hydrogen-bond acceptors (Lipinski definition) is 1. The molecule has 0 radical (unpaired) electrons. The molecule has 0 aromatic heterocycles. The van der Waals surface area contributed by atoms with E-state index in [1.807, 2.05) is 0 Å². The molecule has 0 amide bonds. The summed E-state index contributed by atoms with van der Waals surface area (Å²) in [6, 6.07) is 0.555. The molecule has 0 bridgehead atoms. The molecule has 82 valence electrons. The highest BCUT2D eigenvalue weighted by molar-refractivity contribution is 5.06. The van der Waals surface area contributed by atoms with Gasteiger partial charge < -0.3 is 5.32 Å². The van der Waals surface area contributed by atoms with Gasteiger partial charge in [-0.3, -0.25) is 0 Å². The normalized spacial score (nSPS) is 17.3. The molecule has 0 aromatic rings. The molecule has 0 spiro atoms. The van der Waals surface area contributed by atoms with Crippen molar-refractivity contribution in [1.82, 2.24) is 5.32 Å². The monoisotopic (exact) mass is 195 g/mol. The van der Waals surface area contributed by atoms with E-state index in [0.29, 0.717) is 6.04 Å². The lowest BCUT2D eigenvalue weighted by molar-refractivity contribution is 0.224. The molecule has 0 rings (SSSR count). The fourth-order valence-corrected chi connectivity index (χ4v) is 1.05. The zero-order chi connectivity index (χ0) is 11.6. The molecule has 0 heterocycles. The van der Waals surface area contributed by atoms with Gasteiger partial charge in [0.1, 0.15) is 0 Å². The van der Waals surface area contributed by atoms with Crippen molar-refractivity contribution in [3.05, 3.63) is 0 Å². The Hall–Kier alpha value is -0.480. The van der Waals surface area contributed by atoms with Crippen LogP contribution in [0.3, 0.4) is 0 Å². The Bertz CT molecular complexity index is 209. The quantitative estimate of drug-likeness (QED) is 0.668. The highest BCUT2D eigenvalue weighted by Crippen LogP contribution is 2.24. The summed E-state index contributed by atoms with van der Waals surface area (Å²) in [5.41, 5.74) is 0.370. The standard InChI is InChI=1S/C13H25N/c1-9-11(13(6,7)8)14-10(2)12(3,4)5/h1,10-11,14H,2-8H3. The van der Waals surface area contributed by atoms with Crippen LogP contribution in [0.4, 0.5) is 0 Å². The molecular formula is C13H25N. The third-order valence-corrected chi connectivity index (χ3v) is 2.75. The molecule has 0 saturated heterocycles. The first-order valence-electron chi connectivity index (χ1n) is 5.31. The second-order valence-corrected chi connectivity index (χ2v) is 6.22. The van der Waals surface area contributed by atoms with Gasteiger partial charge in [-0.25, -0.2) is 0 Å². The van der Waals surface area contributed by atoms with Crippen molar-refractivity contribution in [1.29, 1.82) is 0 Å². The smallest absolute Gasteiger partial charge is 0.0738 e. The molecule has 0 aliphatic carbocycles. The SMILES string of the molecule is C#CC(NC(C)C(C)(C)C)C(C)(C)C. The Morgan fingerprint density at radius 2 is 1.43 bits per heavy atom. The first kappa shape index (κ1) is 13.5. The summed E-state index contributed by atoms with van der Waals surface area (Å²) in [4.78, 5) is 0. The van der Waals surface area contributed by atoms with Crippen LogP contribution in [0.2, 0.25) is 0 Å². The van der Waals surface area contributed by atoms with Crippen LogP contribution < -0.4 is 5.32 Å². The average molecular weight is 195 g/mol. The topological polar surface area (TPSA) is 12.0 Å². The van der Waals surface area contributed by atoms with Gasteiger partial charge in [0, 0.05) is 6.04 Å². The fraction of sp³-hybridized carbons (Fsp3) is 0.846. The Balaban J connectivity index is 4.45. The molecule has 0 aliphatic heterocycles. The number of hydrogen-bond donors (Lipinski definition) is 1. The average Bonchev–Trinajstić information content (AvgIpc) is 1.95. The summed E-state index contributed by atoms with van der Waals surface area (Å²) in [5, 5.41) is 3.51. The van der Waals surface area contributed by atoms with Gasteiger partial charge in [-0.15, -0.1) is 6.42 Å². The van der Waals surface area contributed by atoms with Gasteiger partial charge in [-0.2, -0.15) is 0 Å². The van der Waals surface area contributed by atoms with Crippen LogP contribution in [0.1, 0.15) is 48.5 Å². The van der Waals surface area contributed by atoms with Gasteiger partial charge in [0.05, 0.1) is 6.04 Å². The fourth-order valence-electron chi connectivity index (χ4n) is 1.05. The Morgan fingerprint density at radius 1 is 1.00 bits per heavy atom. The Labute approximate surface area is 89.7 Å². The van der Waals surface area contributed by atoms with Crippen molar-refractivity contribution in [2.24, 2.45) is 10.8 Å². The maximum atomic E-state index is 5.54. The van der Waals surface area contributed by atoms with Crippen molar-refractivity contribution >= 4 is 0 Å². The van der Waals surface area contributed by atoms with E-state index in [-0.39, 0.29) is 16.9 Å². The minimum atomic E-state index is 0.119. The van der Waals surface area contributed by atoms with Gasteiger partial charge in [0.2, 0.25) is 0 Å². The van der Waals surface area contributed by atoms with E-state index in [9.17, 15) is 0 Å². The summed E-state index contributed by atoms with van der Waals surface area (Å²) in [5.74, 6) is 2.83. The molecule has 1 N–H and O–H groups in total. The van der Waals surface area contributed by atoms with E-state index < -0.39 is 0 Å². The Kier molecular flexibility index (Phi) is 4.21. The highest BCUT2D eigenvalue weighted by Gasteiger charge is 2.28. The van der Waals surface area contributed by atoms with Crippen molar-refractivity contribution in [2.45, 2.75) is 60.5 Å². The molecule has 0 aliphatic rings. The predicted octanol–water partition coefficient (Wildman–Crippen LogP) is 3.06. The zero-order valence-electron chi connectivity index (χ0n) is 10.7. The first-order chi connectivity index (χ1) is 6.09.